The smallest absolute Gasteiger partial charge is 0.383 e. The molecule has 0 fully saturated rings. The van der Waals surface area contributed by atoms with E-state index < -0.39 is 17.5 Å². The van der Waals surface area contributed by atoms with Crippen LogP contribution in [0.1, 0.15) is 12.8 Å². The molecule has 2 atom stereocenters. The molecule has 0 N–H and O–H groups in total. The van der Waals surface area contributed by atoms with Crippen LogP contribution in [0.25, 0.3) is 0 Å². The van der Waals surface area contributed by atoms with Gasteiger partial charge in [0.2, 0.25) is 11.5 Å². The van der Waals surface area contributed by atoms with Gasteiger partial charge in [-0.05, 0) is 25.0 Å². The van der Waals surface area contributed by atoms with Gasteiger partial charge < -0.3 is 28.4 Å². The third-order valence-electron chi connectivity index (χ3n) is 4.56. The van der Waals surface area contributed by atoms with E-state index in [0.717, 1.165) is 6.42 Å². The molecule has 0 amide bonds. The van der Waals surface area contributed by atoms with Crippen molar-refractivity contribution in [3.8, 4) is 0 Å². The highest BCUT2D eigenvalue weighted by atomic mass is 16.6. The zero-order valence-electron chi connectivity index (χ0n) is 15.0. The molecule has 0 saturated carbocycles. The largest absolute Gasteiger partial charge is 0.493 e. The number of allylic oxidation sites excluding steroid dienone is 1. The van der Waals surface area contributed by atoms with Crippen molar-refractivity contribution in [2.45, 2.75) is 18.4 Å². The van der Waals surface area contributed by atoms with E-state index in [1.807, 2.05) is 6.08 Å². The maximum Gasteiger partial charge on any atom is 0.383 e. The zero-order valence-corrected chi connectivity index (χ0v) is 15.0. The quantitative estimate of drug-likeness (QED) is 0.538. The molecule has 140 valence electrons. The number of esters is 2. The fourth-order valence-corrected chi connectivity index (χ4v) is 3.44. The summed E-state index contributed by atoms with van der Waals surface area (Å²) in [5.41, 5.74) is -1.16. The van der Waals surface area contributed by atoms with Crippen LogP contribution in [0.2, 0.25) is 0 Å². The summed E-state index contributed by atoms with van der Waals surface area (Å²) in [5.74, 6) is -0.908. The van der Waals surface area contributed by atoms with E-state index in [4.69, 9.17) is 28.4 Å². The molecule has 2 heterocycles. The van der Waals surface area contributed by atoms with Crippen LogP contribution in [-0.4, -0.2) is 46.0 Å². The van der Waals surface area contributed by atoms with Crippen molar-refractivity contribution in [3.63, 3.8) is 0 Å². The van der Waals surface area contributed by atoms with Gasteiger partial charge in [0.05, 0.1) is 28.4 Å². The molecule has 8 nitrogen and oxygen atoms in total. The first-order chi connectivity index (χ1) is 12.5. The fraction of sp³-hybridized carbons (Fsp3) is 0.444. The van der Waals surface area contributed by atoms with Gasteiger partial charge in [0, 0.05) is 5.92 Å². The molecule has 1 spiro atoms. The van der Waals surface area contributed by atoms with E-state index >= 15 is 0 Å². The first-order valence-electron chi connectivity index (χ1n) is 8.02. The predicted octanol–water partition coefficient (Wildman–Crippen LogP) is 1.70. The number of hydrogen-bond donors (Lipinski definition) is 0. The van der Waals surface area contributed by atoms with Crippen LogP contribution in [0.3, 0.4) is 0 Å². The van der Waals surface area contributed by atoms with Gasteiger partial charge in [0.1, 0.15) is 0 Å². The van der Waals surface area contributed by atoms with E-state index in [9.17, 15) is 9.59 Å². The Labute approximate surface area is 150 Å². The number of rotatable bonds is 5. The van der Waals surface area contributed by atoms with Crippen molar-refractivity contribution >= 4 is 11.9 Å². The first-order valence-corrected chi connectivity index (χ1v) is 8.02. The highest BCUT2D eigenvalue weighted by Gasteiger charge is 2.54. The SMILES string of the molecule is COC1=C(OC)/C(=C/[C@H]2CCC=C[C@@]23OC(=O)C(OC)=C3OC)OC1=O. The minimum atomic E-state index is -1.16. The molecule has 0 radical (unpaired) electrons. The molecule has 0 aromatic heterocycles. The van der Waals surface area contributed by atoms with Crippen molar-refractivity contribution in [1.82, 2.24) is 0 Å². The van der Waals surface area contributed by atoms with Crippen LogP contribution in [0, 0.1) is 5.92 Å². The number of carbonyl (C=O) groups is 2. The standard InChI is InChI=1S/C18H20O8/c1-21-12-11(25-16(19)13(12)22-2)9-10-7-5-6-8-18(10)15(24-4)14(23-3)17(20)26-18/h6,8-10H,5,7H2,1-4H3/b11-9-/t10-,18-/m1/s1. The predicted molar refractivity (Wildman–Crippen MR) is 87.0 cm³/mol. The highest BCUT2D eigenvalue weighted by Crippen LogP contribution is 2.46. The van der Waals surface area contributed by atoms with Gasteiger partial charge in [0.25, 0.3) is 5.76 Å². The lowest BCUT2D eigenvalue weighted by atomic mass is 9.78. The number of hydrogen-bond acceptors (Lipinski definition) is 8. The maximum absolute atomic E-state index is 12.2. The molecule has 3 rings (SSSR count). The lowest BCUT2D eigenvalue weighted by molar-refractivity contribution is -0.150. The summed E-state index contributed by atoms with van der Waals surface area (Å²) in [6.45, 7) is 0. The lowest BCUT2D eigenvalue weighted by Gasteiger charge is -2.35. The Morgan fingerprint density at radius 3 is 2.31 bits per heavy atom. The number of cyclic esters (lactones) is 1. The van der Waals surface area contributed by atoms with E-state index in [-0.39, 0.29) is 34.7 Å². The minimum Gasteiger partial charge on any atom is -0.493 e. The van der Waals surface area contributed by atoms with Crippen LogP contribution < -0.4 is 0 Å². The summed E-state index contributed by atoms with van der Waals surface area (Å²) in [6, 6.07) is 0. The molecular formula is C18H20O8. The Kier molecular flexibility index (Phi) is 4.67. The van der Waals surface area contributed by atoms with Gasteiger partial charge in [-0.1, -0.05) is 6.08 Å². The van der Waals surface area contributed by atoms with Crippen molar-refractivity contribution in [2.24, 2.45) is 5.92 Å². The van der Waals surface area contributed by atoms with Gasteiger partial charge in [-0.3, -0.25) is 0 Å². The molecule has 1 aliphatic carbocycles. The van der Waals surface area contributed by atoms with Crippen molar-refractivity contribution in [1.29, 1.82) is 0 Å². The van der Waals surface area contributed by atoms with Gasteiger partial charge in [0.15, 0.2) is 17.1 Å². The van der Waals surface area contributed by atoms with Crippen LogP contribution >= 0.6 is 0 Å². The van der Waals surface area contributed by atoms with Crippen LogP contribution in [0.4, 0.5) is 0 Å². The third kappa shape index (κ3) is 2.53. The van der Waals surface area contributed by atoms with Gasteiger partial charge in [-0.25, -0.2) is 9.59 Å². The van der Waals surface area contributed by atoms with E-state index in [1.165, 1.54) is 28.4 Å². The molecule has 26 heavy (non-hydrogen) atoms. The van der Waals surface area contributed by atoms with Crippen molar-refractivity contribution in [3.05, 3.63) is 47.0 Å². The lowest BCUT2D eigenvalue weighted by Crippen LogP contribution is -2.40. The summed E-state index contributed by atoms with van der Waals surface area (Å²) < 4.78 is 31.8. The highest BCUT2D eigenvalue weighted by molar-refractivity contribution is 5.92. The molecule has 8 heteroatoms. The number of ether oxygens (including phenoxy) is 6. The van der Waals surface area contributed by atoms with Crippen LogP contribution in [-0.2, 0) is 38.0 Å². The van der Waals surface area contributed by atoms with Gasteiger partial charge in [-0.2, -0.15) is 0 Å². The maximum atomic E-state index is 12.2. The van der Waals surface area contributed by atoms with E-state index in [1.54, 1.807) is 12.2 Å². The van der Waals surface area contributed by atoms with E-state index in [0.29, 0.717) is 6.42 Å². The monoisotopic (exact) mass is 364 g/mol. The molecule has 3 aliphatic rings. The molecule has 0 aromatic carbocycles. The number of methoxy groups -OCH3 is 4. The summed E-state index contributed by atoms with van der Waals surface area (Å²) in [4.78, 5) is 24.2. The van der Waals surface area contributed by atoms with Crippen LogP contribution in [0.15, 0.2) is 47.0 Å². The van der Waals surface area contributed by atoms with E-state index in [2.05, 4.69) is 0 Å². The third-order valence-corrected chi connectivity index (χ3v) is 4.56. The normalized spacial score (nSPS) is 29.4. The zero-order chi connectivity index (χ0) is 18.9. The summed E-state index contributed by atoms with van der Waals surface area (Å²) in [5, 5.41) is 0. The summed E-state index contributed by atoms with van der Waals surface area (Å²) in [7, 11) is 5.60. The number of carbonyl (C=O) groups excluding carboxylic acids is 2. The molecular weight excluding hydrogens is 344 g/mol. The van der Waals surface area contributed by atoms with Crippen molar-refractivity contribution in [2.75, 3.05) is 28.4 Å². The average molecular weight is 364 g/mol. The Balaban J connectivity index is 2.07. The van der Waals surface area contributed by atoms with Crippen molar-refractivity contribution < 1.29 is 38.0 Å². The topological polar surface area (TPSA) is 89.5 Å². The summed E-state index contributed by atoms with van der Waals surface area (Å²) >= 11 is 0. The Morgan fingerprint density at radius 1 is 1.00 bits per heavy atom. The second-order valence-electron chi connectivity index (χ2n) is 5.82. The molecule has 0 saturated heterocycles. The molecule has 0 bridgehead atoms. The van der Waals surface area contributed by atoms with Gasteiger partial charge in [-0.15, -0.1) is 0 Å². The first kappa shape index (κ1) is 17.9. The summed E-state index contributed by atoms with van der Waals surface area (Å²) in [6.07, 6.45) is 6.76. The second kappa shape index (κ2) is 6.78. The Morgan fingerprint density at radius 2 is 1.69 bits per heavy atom. The fourth-order valence-electron chi connectivity index (χ4n) is 3.44. The Hall–Kier alpha value is -2.90. The Bertz CT molecular complexity index is 757. The van der Waals surface area contributed by atoms with Gasteiger partial charge >= 0.3 is 11.9 Å². The second-order valence-corrected chi connectivity index (χ2v) is 5.82. The van der Waals surface area contributed by atoms with Crippen LogP contribution in [0.5, 0.6) is 0 Å². The molecule has 0 unspecified atom stereocenters. The minimum absolute atomic E-state index is 0.0114. The molecule has 2 aliphatic heterocycles. The average Bonchev–Trinajstić information content (AvgIpc) is 3.09. The molecule has 0 aromatic rings.